The van der Waals surface area contributed by atoms with E-state index in [9.17, 15) is 14.4 Å². The third-order valence-corrected chi connectivity index (χ3v) is 5.83. The number of allylic oxidation sites excluding steroid dienone is 1. The van der Waals surface area contributed by atoms with Crippen LogP contribution < -0.4 is 11.1 Å². The lowest BCUT2D eigenvalue weighted by Gasteiger charge is -2.31. The van der Waals surface area contributed by atoms with Gasteiger partial charge in [0, 0.05) is 17.3 Å². The number of esters is 2. The van der Waals surface area contributed by atoms with Crippen LogP contribution in [0.15, 0.2) is 65.0 Å². The lowest BCUT2D eigenvalue weighted by atomic mass is 9.80. The summed E-state index contributed by atoms with van der Waals surface area (Å²) >= 11 is 6.42. The molecule has 1 aliphatic heterocycles. The average Bonchev–Trinajstić information content (AvgIpc) is 2.90. The van der Waals surface area contributed by atoms with E-state index in [1.807, 2.05) is 0 Å². The van der Waals surface area contributed by atoms with Crippen molar-refractivity contribution >= 4 is 29.5 Å². The van der Waals surface area contributed by atoms with Gasteiger partial charge in [0.15, 0.2) is 0 Å². The minimum Gasteiger partial charge on any atom is -0.508 e. The number of ether oxygens (including phenoxy) is 3. The molecular weight excluding hydrogens is 532 g/mol. The van der Waals surface area contributed by atoms with Crippen molar-refractivity contribution in [2.24, 2.45) is 5.73 Å². The van der Waals surface area contributed by atoms with Crippen molar-refractivity contribution in [1.82, 2.24) is 5.32 Å². The summed E-state index contributed by atoms with van der Waals surface area (Å²) in [6.45, 7) is 4.42. The van der Waals surface area contributed by atoms with Crippen molar-refractivity contribution in [3.63, 3.8) is 0 Å². The van der Waals surface area contributed by atoms with E-state index in [1.165, 1.54) is 13.2 Å². The summed E-state index contributed by atoms with van der Waals surface area (Å²) in [7, 11) is 1.29. The number of carbonyl (C=O) groups excluding carboxylic acids is 2. The van der Waals surface area contributed by atoms with Crippen LogP contribution in [0.2, 0.25) is 5.02 Å². The molecule has 0 unspecified atom stereocenters. The predicted octanol–water partition coefficient (Wildman–Crippen LogP) is 3.06. The first kappa shape index (κ1) is 31.2. The summed E-state index contributed by atoms with van der Waals surface area (Å²) in [6, 6.07) is 10.4. The van der Waals surface area contributed by atoms with Crippen molar-refractivity contribution < 1.29 is 43.9 Å². The largest absolute Gasteiger partial charge is 0.508 e. The molecule has 0 aromatic heterocycles. The van der Waals surface area contributed by atoms with Gasteiger partial charge >= 0.3 is 17.9 Å². The molecular formula is C27H31ClN2O9. The zero-order valence-corrected chi connectivity index (χ0v) is 22.4. The second-order valence-corrected chi connectivity index (χ2v) is 8.48. The number of halogens is 1. The van der Waals surface area contributed by atoms with E-state index < -0.39 is 23.8 Å². The minimum atomic E-state index is -1.27. The van der Waals surface area contributed by atoms with Crippen LogP contribution in [0.1, 0.15) is 35.7 Å². The molecule has 0 saturated heterocycles. The Morgan fingerprint density at radius 2 is 1.77 bits per heavy atom. The van der Waals surface area contributed by atoms with Crippen molar-refractivity contribution in [2.75, 3.05) is 33.5 Å². The number of phenolic OH excluding ortho intramolecular Hbond substituents is 1. The van der Waals surface area contributed by atoms with Crippen molar-refractivity contribution in [3.8, 4) is 11.5 Å². The van der Waals surface area contributed by atoms with Gasteiger partial charge in [-0.05, 0) is 43.7 Å². The molecule has 0 spiro atoms. The highest BCUT2D eigenvalue weighted by molar-refractivity contribution is 6.31. The first-order chi connectivity index (χ1) is 18.6. The van der Waals surface area contributed by atoms with Gasteiger partial charge in [0.1, 0.15) is 17.1 Å². The molecule has 210 valence electrons. The lowest BCUT2D eigenvalue weighted by Crippen LogP contribution is -2.35. The molecule has 0 bridgehead atoms. The maximum atomic E-state index is 12.9. The number of hydrogen-bond donors (Lipinski definition) is 5. The lowest BCUT2D eigenvalue weighted by molar-refractivity contribution is -0.139. The Morgan fingerprint density at radius 3 is 2.33 bits per heavy atom. The van der Waals surface area contributed by atoms with E-state index in [0.29, 0.717) is 40.7 Å². The second-order valence-electron chi connectivity index (χ2n) is 8.07. The average molecular weight is 563 g/mol. The summed E-state index contributed by atoms with van der Waals surface area (Å²) < 4.78 is 15.8. The molecule has 0 radical (unpaired) electrons. The third kappa shape index (κ3) is 7.96. The number of phenols is 2. The Labute approximate surface area is 230 Å². The summed E-state index contributed by atoms with van der Waals surface area (Å²) in [5.74, 6) is -3.66. The number of carbonyl (C=O) groups is 3. The quantitative estimate of drug-likeness (QED) is 0.172. The van der Waals surface area contributed by atoms with E-state index in [-0.39, 0.29) is 35.8 Å². The number of aromatic hydroxyl groups is 2. The van der Waals surface area contributed by atoms with E-state index in [1.54, 1.807) is 38.1 Å². The number of carboxylic acid groups (broad SMARTS) is 1. The molecule has 0 fully saturated rings. The molecule has 0 saturated carbocycles. The fourth-order valence-electron chi connectivity index (χ4n) is 3.81. The van der Waals surface area contributed by atoms with Crippen LogP contribution in [0.25, 0.3) is 0 Å². The van der Waals surface area contributed by atoms with E-state index in [2.05, 4.69) is 5.32 Å². The minimum absolute atomic E-state index is 0.109. The van der Waals surface area contributed by atoms with Gasteiger partial charge in [-0.2, -0.15) is 0 Å². The van der Waals surface area contributed by atoms with Crippen LogP contribution >= 0.6 is 11.6 Å². The molecule has 1 atom stereocenters. The number of dihydropyridines is 1. The van der Waals surface area contributed by atoms with Gasteiger partial charge in [-0.3, -0.25) is 0 Å². The first-order valence-corrected chi connectivity index (χ1v) is 12.2. The molecule has 0 amide bonds. The summed E-state index contributed by atoms with van der Waals surface area (Å²) in [5.41, 5.74) is 7.40. The van der Waals surface area contributed by atoms with Gasteiger partial charge in [-0.25, -0.2) is 14.4 Å². The van der Waals surface area contributed by atoms with Crippen LogP contribution in [0.4, 0.5) is 0 Å². The number of carboxylic acids is 1. The highest BCUT2D eigenvalue weighted by Crippen LogP contribution is 2.41. The van der Waals surface area contributed by atoms with E-state index in [4.69, 9.17) is 46.9 Å². The highest BCUT2D eigenvalue weighted by atomic mass is 35.5. The van der Waals surface area contributed by atoms with Crippen molar-refractivity contribution in [2.45, 2.75) is 19.8 Å². The summed E-state index contributed by atoms with van der Waals surface area (Å²) in [4.78, 5) is 35.8. The molecule has 1 aliphatic rings. The first-order valence-electron chi connectivity index (χ1n) is 11.8. The van der Waals surface area contributed by atoms with Crippen LogP contribution in [-0.2, 0) is 23.8 Å². The highest BCUT2D eigenvalue weighted by Gasteiger charge is 2.39. The maximum Gasteiger partial charge on any atom is 0.339 e. The predicted molar refractivity (Wildman–Crippen MR) is 142 cm³/mol. The van der Waals surface area contributed by atoms with Gasteiger partial charge < -0.3 is 40.6 Å². The van der Waals surface area contributed by atoms with E-state index in [0.717, 1.165) is 12.1 Å². The molecule has 0 aliphatic carbocycles. The Morgan fingerprint density at radius 1 is 1.08 bits per heavy atom. The van der Waals surface area contributed by atoms with Gasteiger partial charge in [0.25, 0.3) is 0 Å². The van der Waals surface area contributed by atoms with Gasteiger partial charge in [0.05, 0.1) is 49.7 Å². The second kappa shape index (κ2) is 14.8. The molecule has 39 heavy (non-hydrogen) atoms. The Bertz CT molecular complexity index is 1270. The molecule has 12 heteroatoms. The Balaban J connectivity index is 0.000000404. The summed E-state index contributed by atoms with van der Waals surface area (Å²) in [5, 5.41) is 29.7. The zero-order chi connectivity index (χ0) is 29.1. The van der Waals surface area contributed by atoms with Crippen molar-refractivity contribution in [1.29, 1.82) is 0 Å². The maximum absolute atomic E-state index is 12.9. The SMILES string of the molecule is CCOC(=O)C1=C(COCCN)NC(C)=C(C(=O)OC)[C@@H]1c1ccccc1Cl.O=C(O)c1cc(O)ccc1O. The van der Waals surface area contributed by atoms with Crippen LogP contribution in [0.5, 0.6) is 11.5 Å². The molecule has 1 heterocycles. The molecule has 11 nitrogen and oxygen atoms in total. The van der Waals surface area contributed by atoms with Gasteiger partial charge in [-0.1, -0.05) is 29.8 Å². The number of nitrogens with one attached hydrogen (secondary N) is 1. The number of nitrogens with two attached hydrogens (primary N) is 1. The van der Waals surface area contributed by atoms with E-state index >= 15 is 0 Å². The van der Waals surface area contributed by atoms with Gasteiger partial charge in [0.2, 0.25) is 0 Å². The number of benzene rings is 2. The fraction of sp³-hybridized carbons (Fsp3) is 0.296. The number of hydrogen-bond acceptors (Lipinski definition) is 10. The van der Waals surface area contributed by atoms with Crippen LogP contribution in [0, 0.1) is 0 Å². The van der Waals surface area contributed by atoms with Crippen LogP contribution in [0.3, 0.4) is 0 Å². The standard InChI is InChI=1S/C20H25ClN2O5.C7H6O4/c1-4-28-20(25)18-15(11-27-10-9-22)23-12(2)16(19(24)26-3)17(18)13-7-5-6-8-14(13)21;8-4-1-2-6(9)5(3-4)7(10)11/h5-8,17,23H,4,9-11,22H2,1-3H3;1-3,8-9H,(H,10,11)/t17-;/m0./s1. The number of methoxy groups -OCH3 is 1. The topological polar surface area (TPSA) is 178 Å². The molecule has 6 N–H and O–H groups in total. The van der Waals surface area contributed by atoms with Crippen molar-refractivity contribution in [3.05, 3.63) is 81.2 Å². The summed E-state index contributed by atoms with van der Waals surface area (Å²) in [6.07, 6.45) is 0. The molecule has 2 aromatic rings. The fourth-order valence-corrected chi connectivity index (χ4v) is 4.06. The number of rotatable bonds is 9. The number of aromatic carboxylic acids is 1. The molecule has 3 rings (SSSR count). The zero-order valence-electron chi connectivity index (χ0n) is 21.7. The normalized spacial score (nSPS) is 14.6. The Kier molecular flexibility index (Phi) is 11.8. The van der Waals surface area contributed by atoms with Crippen LogP contribution in [-0.4, -0.2) is 66.7 Å². The Hall–Kier alpha value is -4.06. The molecule has 2 aromatic carbocycles. The van der Waals surface area contributed by atoms with Gasteiger partial charge in [-0.15, -0.1) is 0 Å². The third-order valence-electron chi connectivity index (χ3n) is 5.48. The smallest absolute Gasteiger partial charge is 0.339 e. The monoisotopic (exact) mass is 562 g/mol.